The van der Waals surface area contributed by atoms with Gasteiger partial charge in [-0.1, -0.05) is 241 Å². The van der Waals surface area contributed by atoms with Crippen LogP contribution in [0.15, 0.2) is 223 Å². The van der Waals surface area contributed by atoms with Crippen molar-refractivity contribution in [3.8, 4) is 62.5 Å². The maximum absolute atomic E-state index is 7.19. The second-order valence-corrected chi connectivity index (χ2v) is 36.5. The van der Waals surface area contributed by atoms with E-state index in [0.717, 1.165) is 84.7 Å². The van der Waals surface area contributed by atoms with Crippen LogP contribution in [0.2, 0.25) is 0 Å². The predicted octanol–water partition coefficient (Wildman–Crippen LogP) is 20.8. The van der Waals surface area contributed by atoms with Gasteiger partial charge in [-0.05, 0) is 138 Å². The van der Waals surface area contributed by atoms with Gasteiger partial charge >= 0.3 is 0 Å². The van der Waals surface area contributed by atoms with Crippen molar-refractivity contribution in [1.82, 2.24) is 0 Å². The van der Waals surface area contributed by atoms with Gasteiger partial charge in [0, 0.05) is 41.9 Å². The van der Waals surface area contributed by atoms with E-state index < -0.39 is 5.60 Å². The standard InChI is InChI=1S/C103H128O21S4/c1-11-77-18-28-85(29-19-77)103(86-34-30-83(31-35-86)101(2,3)4,87-36-32-84(33-37-87)102(5,6)7)124-69-61-113-57-65-120-95-17-13-14-92-93(95)15-12-16-94(92)119-64-56-112-55-63-118-89-40-26-82(27-41-89)80-22-20-79(21-23-80)81-24-38-88(39-25-81)117-62-54-111-50-53-116-74-91-76-126-100(128-91)99-125-75-90(127-99)73-115-52-49-110-48-51-114-72-78-70-96(121-66-58-107-45-42-104-8)98(123-68-60-109-47-44-106-10)97(71-78)122-67-59-108-46-43-105-9/h12-41,70-71,75-76H,11,42-69,72-74H2,1-10H3/b100-99-. The molecule has 2 heterocycles. The Labute approximate surface area is 774 Å². The average molecular weight is 1830 g/mol. The number of benzene rings is 9. The van der Waals surface area contributed by atoms with Crippen molar-refractivity contribution in [2.75, 3.05) is 220 Å². The van der Waals surface area contributed by atoms with Crippen LogP contribution in [0.1, 0.15) is 87.4 Å². The lowest BCUT2D eigenvalue weighted by molar-refractivity contribution is -0.0271. The maximum Gasteiger partial charge on any atom is 0.203 e. The lowest BCUT2D eigenvalue weighted by atomic mass is 9.77. The summed E-state index contributed by atoms with van der Waals surface area (Å²) >= 11 is 6.98. The van der Waals surface area contributed by atoms with E-state index >= 15 is 0 Å². The molecule has 0 aliphatic carbocycles. The first kappa shape index (κ1) is 100. The fourth-order valence-corrected chi connectivity index (χ4v) is 18.5. The molecule has 128 heavy (non-hydrogen) atoms. The summed E-state index contributed by atoms with van der Waals surface area (Å²) in [5.41, 5.74) is 11.5. The Hall–Kier alpha value is -8.10. The van der Waals surface area contributed by atoms with Crippen molar-refractivity contribution in [1.29, 1.82) is 0 Å². The van der Waals surface area contributed by atoms with Crippen LogP contribution in [-0.4, -0.2) is 220 Å². The Bertz CT molecular complexity index is 4690. The molecule has 25 heteroatoms. The topological polar surface area (TPSA) is 194 Å². The van der Waals surface area contributed by atoms with Crippen molar-refractivity contribution in [3.05, 3.63) is 262 Å². The van der Waals surface area contributed by atoms with Crippen molar-refractivity contribution in [2.45, 2.75) is 77.9 Å². The van der Waals surface area contributed by atoms with E-state index in [0.29, 0.717) is 202 Å². The zero-order valence-electron chi connectivity index (χ0n) is 76.0. The number of methoxy groups -OCH3 is 3. The third-order valence-corrected chi connectivity index (χ3v) is 25.9. The highest BCUT2D eigenvalue weighted by molar-refractivity contribution is 8.33. The fourth-order valence-electron chi connectivity index (χ4n) is 13.7. The minimum Gasteiger partial charge on any atom is -0.491 e. The SMILES string of the molecule is CCc1ccc(C(OCCOCCOc2cccc3c(OCCOCCOc4ccc(-c5ccc(-c6ccc(OCCOCCOCC7=CS/C(=C8\SC=C(COCCOCCOCc9cc(OCCOCCOC)c(OCCOCCOC)c(OCCOCCOC)c9)S8)S7)cc6)cc5)cc4)cccc23)(c2ccc(C(C)(C)C)cc2)c2ccc(C(C)(C)C)cc2)cc1. The fraction of sp³-hybridized carbons (Fsp3) is 0.437. The number of aryl methyl sites for hydroxylation is 1. The summed E-state index contributed by atoms with van der Waals surface area (Å²) in [5, 5.41) is 6.26. The smallest absolute Gasteiger partial charge is 0.203 e. The molecule has 0 unspecified atom stereocenters. The van der Waals surface area contributed by atoms with Gasteiger partial charge in [0.05, 0.1) is 167 Å². The van der Waals surface area contributed by atoms with Gasteiger partial charge in [0.25, 0.3) is 0 Å². The highest BCUT2D eigenvalue weighted by Crippen LogP contribution is 2.55. The molecule has 9 aromatic carbocycles. The van der Waals surface area contributed by atoms with E-state index in [1.165, 1.54) is 35.0 Å². The molecular weight excluding hydrogens is 1700 g/mol. The molecule has 0 N–H and O–H groups in total. The van der Waals surface area contributed by atoms with Crippen LogP contribution in [-0.2, 0) is 95.8 Å². The van der Waals surface area contributed by atoms with Gasteiger partial charge < -0.3 is 99.5 Å². The van der Waals surface area contributed by atoms with Crippen molar-refractivity contribution in [3.63, 3.8) is 0 Å². The summed E-state index contributed by atoms with van der Waals surface area (Å²) in [6.07, 6.45) is 0.957. The number of hydrogen-bond donors (Lipinski definition) is 0. The number of fused-ring (bicyclic) bond motifs is 1. The Morgan fingerprint density at radius 3 is 0.938 bits per heavy atom. The molecule has 11 rings (SSSR count). The van der Waals surface area contributed by atoms with E-state index in [1.807, 2.05) is 60.7 Å². The van der Waals surface area contributed by atoms with E-state index in [4.69, 9.17) is 99.5 Å². The molecule has 2 aliphatic heterocycles. The summed E-state index contributed by atoms with van der Waals surface area (Å²) in [6, 6.07) is 67.5. The Balaban J connectivity index is 0.510. The van der Waals surface area contributed by atoms with Crippen LogP contribution in [0.3, 0.4) is 0 Å². The van der Waals surface area contributed by atoms with Crippen LogP contribution in [0, 0.1) is 0 Å². The molecule has 0 spiro atoms. The lowest BCUT2D eigenvalue weighted by Gasteiger charge is -2.37. The van der Waals surface area contributed by atoms with Gasteiger partial charge in [-0.25, -0.2) is 0 Å². The van der Waals surface area contributed by atoms with Crippen LogP contribution < -0.4 is 33.2 Å². The van der Waals surface area contributed by atoms with E-state index in [1.54, 1.807) is 68.4 Å². The predicted molar refractivity (Wildman–Crippen MR) is 514 cm³/mol. The van der Waals surface area contributed by atoms with Gasteiger partial charge in [-0.15, -0.1) is 0 Å². The van der Waals surface area contributed by atoms with Gasteiger partial charge in [-0.3, -0.25) is 0 Å². The molecule has 9 aromatic rings. The van der Waals surface area contributed by atoms with Crippen LogP contribution in [0.5, 0.6) is 40.2 Å². The Morgan fingerprint density at radius 2 is 0.570 bits per heavy atom. The molecular formula is C103H128O21S4. The van der Waals surface area contributed by atoms with E-state index in [9.17, 15) is 0 Å². The maximum atomic E-state index is 7.19. The second kappa shape index (κ2) is 55.3. The molecule has 2 aliphatic rings. The zero-order valence-corrected chi connectivity index (χ0v) is 79.2. The quantitative estimate of drug-likeness (QED) is 0.0258. The van der Waals surface area contributed by atoms with Gasteiger partial charge in [-0.2, -0.15) is 0 Å². The van der Waals surface area contributed by atoms with Crippen molar-refractivity contribution >= 4 is 57.8 Å². The van der Waals surface area contributed by atoms with Gasteiger partial charge in [0.1, 0.15) is 74.8 Å². The normalized spacial score (nSPS) is 13.6. The molecule has 0 atom stereocenters. The first-order valence-electron chi connectivity index (χ1n) is 44.0. The van der Waals surface area contributed by atoms with Crippen LogP contribution in [0.25, 0.3) is 33.0 Å². The molecule has 0 bridgehead atoms. The molecule has 0 fully saturated rings. The number of rotatable bonds is 62. The minimum absolute atomic E-state index is 0.00995. The highest BCUT2D eigenvalue weighted by atomic mass is 32.2. The molecule has 0 saturated heterocycles. The van der Waals surface area contributed by atoms with E-state index in [2.05, 4.69) is 193 Å². The third-order valence-electron chi connectivity index (χ3n) is 20.6. The highest BCUT2D eigenvalue weighted by Gasteiger charge is 2.39. The summed E-state index contributed by atoms with van der Waals surface area (Å²) < 4.78 is 127. The molecule has 0 saturated carbocycles. The molecule has 0 radical (unpaired) electrons. The number of hydrogen-bond acceptors (Lipinski definition) is 25. The van der Waals surface area contributed by atoms with E-state index in [-0.39, 0.29) is 30.7 Å². The summed E-state index contributed by atoms with van der Waals surface area (Å²) in [7, 11) is 4.90. The summed E-state index contributed by atoms with van der Waals surface area (Å²) in [6.45, 7) is 28.5. The molecule has 0 amide bonds. The Morgan fingerprint density at radius 1 is 0.266 bits per heavy atom. The first-order valence-corrected chi connectivity index (χ1v) is 47.4. The summed E-state index contributed by atoms with van der Waals surface area (Å²) in [4.78, 5) is 2.34. The molecule has 0 aromatic heterocycles. The van der Waals surface area contributed by atoms with Gasteiger partial charge in [0.15, 0.2) is 11.5 Å². The third kappa shape index (κ3) is 32.7. The number of ether oxygens (including phenoxy) is 21. The van der Waals surface area contributed by atoms with Crippen molar-refractivity contribution in [2.24, 2.45) is 0 Å². The van der Waals surface area contributed by atoms with Crippen LogP contribution in [0.4, 0.5) is 0 Å². The minimum atomic E-state index is -0.873. The molecule has 690 valence electrons. The first-order chi connectivity index (χ1) is 62.6. The number of thioether (sulfide) groups is 4. The van der Waals surface area contributed by atoms with Crippen molar-refractivity contribution < 1.29 is 99.5 Å². The average Bonchev–Trinajstić information content (AvgIpc) is 0.781. The summed E-state index contributed by atoms with van der Waals surface area (Å²) in [5.74, 6) is 4.55. The lowest BCUT2D eigenvalue weighted by Crippen LogP contribution is -2.34. The molecule has 21 nitrogen and oxygen atoms in total. The van der Waals surface area contributed by atoms with Gasteiger partial charge in [0.2, 0.25) is 5.75 Å². The Kier molecular flexibility index (Phi) is 43.4. The second-order valence-electron chi connectivity index (χ2n) is 31.9. The monoisotopic (exact) mass is 1830 g/mol. The van der Waals surface area contributed by atoms with Crippen LogP contribution >= 0.6 is 47.0 Å². The zero-order chi connectivity index (χ0) is 89.7. The largest absolute Gasteiger partial charge is 0.491 e.